The van der Waals surface area contributed by atoms with Gasteiger partial charge in [-0.15, -0.1) is 0 Å². The van der Waals surface area contributed by atoms with Crippen LogP contribution in [-0.4, -0.2) is 58.2 Å². The van der Waals surface area contributed by atoms with Gasteiger partial charge in [0.2, 0.25) is 0 Å². The third-order valence-electron chi connectivity index (χ3n) is 5.00. The molecule has 2 aromatic rings. The van der Waals surface area contributed by atoms with Gasteiger partial charge in [-0.25, -0.2) is 0 Å². The van der Waals surface area contributed by atoms with Crippen LogP contribution >= 0.6 is 0 Å². The number of hydrogen-bond donors (Lipinski definition) is 1. The molecule has 0 aliphatic carbocycles. The lowest BCUT2D eigenvalue weighted by Crippen LogP contribution is -2.30. The van der Waals surface area contributed by atoms with Crippen LogP contribution in [0.3, 0.4) is 0 Å². The minimum absolute atomic E-state index is 0.192. The first kappa shape index (κ1) is 16.4. The summed E-state index contributed by atoms with van der Waals surface area (Å²) in [6.07, 6.45) is 4.92. The molecule has 25 heavy (non-hydrogen) atoms. The number of ether oxygens (including phenoxy) is 2. The van der Waals surface area contributed by atoms with E-state index in [2.05, 4.69) is 28.2 Å². The van der Waals surface area contributed by atoms with Crippen molar-refractivity contribution in [3.05, 3.63) is 41.7 Å². The molecule has 134 valence electrons. The highest BCUT2D eigenvalue weighted by atomic mass is 16.5. The van der Waals surface area contributed by atoms with Crippen LogP contribution in [-0.2, 0) is 19.4 Å². The maximum absolute atomic E-state index is 10.3. The Bertz CT molecular complexity index is 730. The van der Waals surface area contributed by atoms with Gasteiger partial charge in [-0.2, -0.15) is 5.10 Å². The van der Waals surface area contributed by atoms with E-state index in [1.807, 2.05) is 17.8 Å². The lowest BCUT2D eigenvalue weighted by molar-refractivity contribution is 0.0736. The molecule has 3 heterocycles. The molecule has 0 amide bonds. The molecule has 0 bridgehead atoms. The standard InChI is InChI=1S/C19H25N3O3/c1-2-22-11-16(10-20-22)25-19-13-21(12-17(19)23)7-5-14-3-4-18-15(9-14)6-8-24-18/h3-4,9-11,17,19,23H,2,5-8,12-13H2,1H3/t17-,19-/m1/s1. The fourth-order valence-electron chi connectivity index (χ4n) is 3.57. The molecule has 2 atom stereocenters. The van der Waals surface area contributed by atoms with Crippen LogP contribution in [0, 0.1) is 0 Å². The Morgan fingerprint density at radius 3 is 3.12 bits per heavy atom. The van der Waals surface area contributed by atoms with Gasteiger partial charge in [-0.05, 0) is 30.5 Å². The third-order valence-corrected chi connectivity index (χ3v) is 5.00. The number of β-amino-alcohol motifs (C(OH)–C–C–N with tert-alkyl or cyclic N) is 1. The minimum atomic E-state index is -0.460. The summed E-state index contributed by atoms with van der Waals surface area (Å²) < 4.78 is 13.3. The molecule has 2 aliphatic heterocycles. The Hall–Kier alpha value is -2.05. The van der Waals surface area contributed by atoms with Gasteiger partial charge in [-0.1, -0.05) is 12.1 Å². The van der Waals surface area contributed by atoms with Crippen molar-refractivity contribution in [1.29, 1.82) is 0 Å². The van der Waals surface area contributed by atoms with Crippen LogP contribution in [0.1, 0.15) is 18.1 Å². The number of hydrogen-bond acceptors (Lipinski definition) is 5. The molecule has 6 nitrogen and oxygen atoms in total. The monoisotopic (exact) mass is 343 g/mol. The summed E-state index contributed by atoms with van der Waals surface area (Å²) in [5.74, 6) is 1.76. The summed E-state index contributed by atoms with van der Waals surface area (Å²) in [5, 5.41) is 14.5. The summed E-state index contributed by atoms with van der Waals surface area (Å²) in [6.45, 7) is 5.96. The Morgan fingerprint density at radius 1 is 1.36 bits per heavy atom. The molecule has 0 unspecified atom stereocenters. The number of fused-ring (bicyclic) bond motifs is 1. The highest BCUT2D eigenvalue weighted by Crippen LogP contribution is 2.26. The average Bonchev–Trinajstić information content (AvgIpc) is 3.33. The van der Waals surface area contributed by atoms with E-state index in [-0.39, 0.29) is 6.10 Å². The number of rotatable bonds is 6. The SMILES string of the molecule is CCn1cc(O[C@@H]2CN(CCc3ccc4c(c3)CCO4)C[C@H]2O)cn1. The summed E-state index contributed by atoms with van der Waals surface area (Å²) in [6, 6.07) is 6.47. The third kappa shape index (κ3) is 3.65. The van der Waals surface area contributed by atoms with Crippen LogP contribution in [0.15, 0.2) is 30.6 Å². The van der Waals surface area contributed by atoms with Gasteiger partial charge in [0.1, 0.15) is 18.0 Å². The zero-order chi connectivity index (χ0) is 17.2. The summed E-state index contributed by atoms with van der Waals surface area (Å²) >= 11 is 0. The number of likely N-dealkylation sites (tertiary alicyclic amines) is 1. The number of aromatic nitrogens is 2. The van der Waals surface area contributed by atoms with Crippen LogP contribution in [0.2, 0.25) is 0 Å². The lowest BCUT2D eigenvalue weighted by Gasteiger charge is -2.16. The topological polar surface area (TPSA) is 59.8 Å². The van der Waals surface area contributed by atoms with Gasteiger partial charge >= 0.3 is 0 Å². The first-order valence-corrected chi connectivity index (χ1v) is 9.05. The van der Waals surface area contributed by atoms with Crippen LogP contribution < -0.4 is 9.47 Å². The zero-order valence-corrected chi connectivity index (χ0v) is 14.6. The van der Waals surface area contributed by atoms with Crippen molar-refractivity contribution in [2.75, 3.05) is 26.2 Å². The van der Waals surface area contributed by atoms with E-state index in [0.29, 0.717) is 6.54 Å². The Balaban J connectivity index is 1.30. The average molecular weight is 343 g/mol. The van der Waals surface area contributed by atoms with Crippen LogP contribution in [0.5, 0.6) is 11.5 Å². The maximum Gasteiger partial charge on any atom is 0.157 e. The van der Waals surface area contributed by atoms with Crippen molar-refractivity contribution >= 4 is 0 Å². The van der Waals surface area contributed by atoms with Crippen molar-refractivity contribution in [2.24, 2.45) is 0 Å². The van der Waals surface area contributed by atoms with E-state index in [4.69, 9.17) is 9.47 Å². The molecule has 1 aromatic carbocycles. The number of aliphatic hydroxyl groups is 1. The predicted octanol–water partition coefficient (Wildman–Crippen LogP) is 1.50. The van der Waals surface area contributed by atoms with Crippen LogP contribution in [0.25, 0.3) is 0 Å². The Morgan fingerprint density at radius 2 is 2.28 bits per heavy atom. The zero-order valence-electron chi connectivity index (χ0n) is 14.6. The summed E-state index contributed by atoms with van der Waals surface area (Å²) in [5.41, 5.74) is 2.64. The molecule has 0 spiro atoms. The maximum atomic E-state index is 10.3. The van der Waals surface area contributed by atoms with Crippen molar-refractivity contribution in [1.82, 2.24) is 14.7 Å². The summed E-state index contributed by atoms with van der Waals surface area (Å²) in [4.78, 5) is 2.27. The molecular weight excluding hydrogens is 318 g/mol. The fourth-order valence-corrected chi connectivity index (χ4v) is 3.57. The first-order chi connectivity index (χ1) is 12.2. The van der Waals surface area contributed by atoms with Crippen molar-refractivity contribution in [3.8, 4) is 11.5 Å². The number of aryl methyl sites for hydroxylation is 1. The Kier molecular flexibility index (Phi) is 4.63. The van der Waals surface area contributed by atoms with E-state index in [0.717, 1.165) is 50.6 Å². The molecule has 4 rings (SSSR count). The normalized spacial score (nSPS) is 22.8. The first-order valence-electron chi connectivity index (χ1n) is 9.05. The molecule has 1 fully saturated rings. The van der Waals surface area contributed by atoms with Gasteiger partial charge < -0.3 is 14.6 Å². The largest absolute Gasteiger partial charge is 0.493 e. The van der Waals surface area contributed by atoms with Crippen molar-refractivity contribution in [3.63, 3.8) is 0 Å². The second-order valence-corrected chi connectivity index (χ2v) is 6.81. The smallest absolute Gasteiger partial charge is 0.157 e. The van der Waals surface area contributed by atoms with E-state index < -0.39 is 6.10 Å². The van der Waals surface area contributed by atoms with E-state index >= 15 is 0 Å². The van der Waals surface area contributed by atoms with Gasteiger partial charge in [-0.3, -0.25) is 9.58 Å². The molecule has 1 aromatic heterocycles. The van der Waals surface area contributed by atoms with Gasteiger partial charge in [0.15, 0.2) is 5.75 Å². The molecule has 2 aliphatic rings. The highest BCUT2D eigenvalue weighted by Gasteiger charge is 2.33. The second-order valence-electron chi connectivity index (χ2n) is 6.81. The van der Waals surface area contributed by atoms with Gasteiger partial charge in [0, 0.05) is 32.6 Å². The lowest BCUT2D eigenvalue weighted by atomic mass is 10.1. The molecule has 6 heteroatoms. The molecule has 0 saturated carbocycles. The van der Waals surface area contributed by atoms with Gasteiger partial charge in [0.05, 0.1) is 19.0 Å². The second kappa shape index (κ2) is 7.06. The van der Waals surface area contributed by atoms with E-state index in [1.165, 1.54) is 11.1 Å². The van der Waals surface area contributed by atoms with Gasteiger partial charge in [0.25, 0.3) is 0 Å². The van der Waals surface area contributed by atoms with Crippen molar-refractivity contribution in [2.45, 2.75) is 38.5 Å². The molecule has 0 radical (unpaired) electrons. The van der Waals surface area contributed by atoms with E-state index in [1.54, 1.807) is 6.20 Å². The Labute approximate surface area is 148 Å². The van der Waals surface area contributed by atoms with Crippen LogP contribution in [0.4, 0.5) is 0 Å². The minimum Gasteiger partial charge on any atom is -0.493 e. The number of aliphatic hydroxyl groups excluding tert-OH is 1. The highest BCUT2D eigenvalue weighted by molar-refractivity contribution is 5.39. The molecular formula is C19H25N3O3. The summed E-state index contributed by atoms with van der Waals surface area (Å²) in [7, 11) is 0. The number of nitrogens with zero attached hydrogens (tertiary/aromatic N) is 3. The molecule has 1 saturated heterocycles. The number of benzene rings is 1. The predicted molar refractivity (Wildman–Crippen MR) is 94.1 cm³/mol. The molecule has 1 N–H and O–H groups in total. The van der Waals surface area contributed by atoms with E-state index in [9.17, 15) is 5.11 Å². The quantitative estimate of drug-likeness (QED) is 0.861. The fraction of sp³-hybridized carbons (Fsp3) is 0.526. The van der Waals surface area contributed by atoms with Crippen molar-refractivity contribution < 1.29 is 14.6 Å².